The van der Waals surface area contributed by atoms with Crippen LogP contribution >= 0.6 is 0 Å². The number of allylic oxidation sites excluding steroid dienone is 11. The van der Waals surface area contributed by atoms with Gasteiger partial charge in [0.1, 0.15) is 18.7 Å². The van der Waals surface area contributed by atoms with E-state index in [1.807, 2.05) is 86.9 Å². The van der Waals surface area contributed by atoms with Crippen LogP contribution in [0.4, 0.5) is 21.9 Å². The van der Waals surface area contributed by atoms with Gasteiger partial charge in [0.05, 0.1) is 121 Å². The first-order valence-corrected chi connectivity index (χ1v) is 32.5. The fraction of sp³-hybridized carbons (Fsp3) is 0.417. The van der Waals surface area contributed by atoms with Crippen LogP contribution < -0.4 is 45.1 Å². The van der Waals surface area contributed by atoms with E-state index in [-0.39, 0.29) is 105 Å². The molecular weight excluding hydrogens is 1250 g/mol. The van der Waals surface area contributed by atoms with Gasteiger partial charge in [-0.3, -0.25) is 33.8 Å². The largest absolute Gasteiger partial charge is 0.493 e. The first-order chi connectivity index (χ1) is 47.0. The molecule has 8 rings (SSSR count). The molecule has 0 spiro atoms. The number of aliphatic hydroxyl groups is 1. The lowest BCUT2D eigenvalue weighted by Crippen LogP contribution is -2.53. The van der Waals surface area contributed by atoms with Crippen LogP contribution in [0.3, 0.4) is 0 Å². The SMILES string of the molecule is CC=CC1=CN2C(=O)c3cc(OC)c(OCCCOc4cc5c(cc4OC)C(=O)N4C=C(C=CC)CC4C(O)N5C(=O)OCc4ccc(NC(=O)C(C)NC(=O)C(NC(=O)CCOCCOCCOCCOCCNC(=O)CC5=CC=CC=CC=C5)C(C)C)cc4)cc3N=CC2C1. The second-order valence-electron chi connectivity index (χ2n) is 23.4. The number of benzene rings is 3. The monoisotopic (exact) mass is 1340 g/mol. The number of nitrogens with zero attached hydrogens (tertiary/aromatic N) is 4. The van der Waals surface area contributed by atoms with Crippen LogP contribution in [0.5, 0.6) is 23.0 Å². The van der Waals surface area contributed by atoms with Crippen molar-refractivity contribution in [3.8, 4) is 23.0 Å². The van der Waals surface area contributed by atoms with Gasteiger partial charge in [-0.1, -0.05) is 92.8 Å². The lowest BCUT2D eigenvalue weighted by molar-refractivity contribution is -0.132. The molecular formula is C72H88N8O17. The lowest BCUT2D eigenvalue weighted by Gasteiger charge is -2.31. The number of hydrogen-bond acceptors (Lipinski definition) is 18. The van der Waals surface area contributed by atoms with Gasteiger partial charge in [-0.25, -0.2) is 9.69 Å². The molecule has 0 aromatic heterocycles. The first-order valence-electron chi connectivity index (χ1n) is 32.5. The van der Waals surface area contributed by atoms with Crippen LogP contribution in [-0.4, -0.2) is 180 Å². The number of nitrogens with one attached hydrogen (secondary N) is 4. The smallest absolute Gasteiger partial charge is 0.416 e. The second-order valence-corrected chi connectivity index (χ2v) is 23.4. The van der Waals surface area contributed by atoms with Crippen molar-refractivity contribution in [3.05, 3.63) is 161 Å². The molecule has 25 heteroatoms. The molecule has 5 atom stereocenters. The van der Waals surface area contributed by atoms with E-state index in [1.165, 1.54) is 38.2 Å². The summed E-state index contributed by atoms with van der Waals surface area (Å²) in [7, 11) is 2.91. The van der Waals surface area contributed by atoms with Gasteiger partial charge in [-0.2, -0.15) is 0 Å². The maximum Gasteiger partial charge on any atom is 0.416 e. The van der Waals surface area contributed by atoms with Crippen LogP contribution in [0.2, 0.25) is 0 Å². The number of carbonyl (C=O) groups is 7. The zero-order valence-corrected chi connectivity index (χ0v) is 56.0. The summed E-state index contributed by atoms with van der Waals surface area (Å²) in [5.74, 6) is -1.48. The van der Waals surface area contributed by atoms with E-state index in [0.717, 1.165) is 21.6 Å². The van der Waals surface area contributed by atoms with E-state index in [1.54, 1.807) is 67.6 Å². The number of ether oxygens (including phenoxy) is 9. The Hall–Kier alpha value is -9.66. The standard InChI is InChI=1S/C72H88N8O17/c1-8-16-51-36-54-43-74-57-41-62(60(89-6)39-55(57)69(85)78(54)44-51)95-26-15-27-96-63-42-58-56(40-61(63)90-7)70(86)79-45-52(17-9-2)37-59(79)71(87)80(58)72(88)97-46-50-20-22-53(23-21-50)76-67(83)48(5)75-68(84)66(47(3)4)77-64(81)24-28-91-30-32-93-34-35-94-33-31-92-29-25-73-65(82)38-49-18-13-11-10-12-14-19-49/h8-14,16-23,39-45,47-48,54,59,66,71,87H,15,24-38,46H2,1-7H3,(H,73,82)(H,75,84)(H,76,83)(H,77,81). The average molecular weight is 1340 g/mol. The third kappa shape index (κ3) is 20.7. The minimum atomic E-state index is -1.58. The Balaban J connectivity index is 0.760. The molecule has 0 bridgehead atoms. The van der Waals surface area contributed by atoms with Crippen LogP contribution in [0.1, 0.15) is 93.0 Å². The Labute approximate surface area is 565 Å². The molecule has 518 valence electrons. The summed E-state index contributed by atoms with van der Waals surface area (Å²) >= 11 is 0. The summed E-state index contributed by atoms with van der Waals surface area (Å²) in [4.78, 5) is 103. The lowest BCUT2D eigenvalue weighted by atomic mass is 10.0. The van der Waals surface area contributed by atoms with Gasteiger partial charge in [-0.15, -0.1) is 0 Å². The fourth-order valence-corrected chi connectivity index (χ4v) is 10.9. The summed E-state index contributed by atoms with van der Waals surface area (Å²) < 4.78 is 51.8. The minimum absolute atomic E-state index is 0.00982. The number of aliphatic hydroxyl groups excluding tert-OH is 1. The third-order valence-electron chi connectivity index (χ3n) is 15.9. The summed E-state index contributed by atoms with van der Waals surface area (Å²) in [6.45, 7) is 11.6. The zero-order valence-electron chi connectivity index (χ0n) is 56.0. The van der Waals surface area contributed by atoms with Gasteiger partial charge in [0.15, 0.2) is 29.2 Å². The number of amides is 7. The van der Waals surface area contributed by atoms with Gasteiger partial charge >= 0.3 is 6.09 Å². The summed E-state index contributed by atoms with van der Waals surface area (Å²) in [6, 6.07) is 9.64. The first kappa shape index (κ1) is 73.2. The van der Waals surface area contributed by atoms with Crippen LogP contribution in [0, 0.1) is 5.92 Å². The fourth-order valence-electron chi connectivity index (χ4n) is 10.9. The molecule has 1 aliphatic carbocycles. The predicted molar refractivity (Wildman–Crippen MR) is 364 cm³/mol. The van der Waals surface area contributed by atoms with Gasteiger partial charge in [-0.05, 0) is 86.1 Å². The highest BCUT2D eigenvalue weighted by atomic mass is 16.6. The van der Waals surface area contributed by atoms with Crippen molar-refractivity contribution in [2.75, 3.05) is 97.0 Å². The molecule has 97 heavy (non-hydrogen) atoms. The Bertz CT molecular complexity index is 3570. The van der Waals surface area contributed by atoms with Crippen molar-refractivity contribution in [3.63, 3.8) is 0 Å². The molecule has 5 aliphatic rings. The molecule has 5 unspecified atom stereocenters. The average Bonchev–Trinajstić information content (AvgIpc) is 1.67. The summed E-state index contributed by atoms with van der Waals surface area (Å²) in [5, 5.41) is 23.2. The van der Waals surface area contributed by atoms with Gasteiger partial charge in [0, 0.05) is 55.8 Å². The van der Waals surface area contributed by atoms with E-state index >= 15 is 0 Å². The Morgan fingerprint density at radius 3 is 1.95 bits per heavy atom. The number of aliphatic imine (C=N–C) groups is 1. The van der Waals surface area contributed by atoms with E-state index in [9.17, 15) is 38.7 Å². The quantitative estimate of drug-likeness (QED) is 0.0346. The number of rotatable bonds is 35. The molecule has 0 fully saturated rings. The second kappa shape index (κ2) is 37.0. The number of fused-ring (bicyclic) bond motifs is 4. The molecule has 0 saturated heterocycles. The van der Waals surface area contributed by atoms with Crippen molar-refractivity contribution in [1.82, 2.24) is 25.8 Å². The maximum absolute atomic E-state index is 14.4. The van der Waals surface area contributed by atoms with E-state index in [4.69, 9.17) is 42.6 Å². The molecule has 7 amide bonds. The van der Waals surface area contributed by atoms with Crippen molar-refractivity contribution in [2.45, 2.75) is 104 Å². The van der Waals surface area contributed by atoms with Crippen LogP contribution in [-0.2, 0) is 49.5 Å². The number of carbonyl (C=O) groups excluding carboxylic acids is 7. The van der Waals surface area contributed by atoms with Crippen LogP contribution in [0.25, 0.3) is 0 Å². The molecule has 4 aliphatic heterocycles. The van der Waals surface area contributed by atoms with Crippen molar-refractivity contribution >= 4 is 64.8 Å². The van der Waals surface area contributed by atoms with E-state index in [2.05, 4.69) is 26.3 Å². The third-order valence-corrected chi connectivity index (χ3v) is 15.9. The van der Waals surface area contributed by atoms with Crippen molar-refractivity contribution < 1.29 is 81.3 Å². The molecule has 0 saturated carbocycles. The predicted octanol–water partition coefficient (Wildman–Crippen LogP) is 8.25. The Kier molecular flexibility index (Phi) is 27.9. The Morgan fingerprint density at radius 2 is 1.28 bits per heavy atom. The highest BCUT2D eigenvalue weighted by Gasteiger charge is 2.45. The van der Waals surface area contributed by atoms with Gasteiger partial charge in [0.2, 0.25) is 23.6 Å². The van der Waals surface area contributed by atoms with Crippen LogP contribution in [0.15, 0.2) is 149 Å². The van der Waals surface area contributed by atoms with Crippen molar-refractivity contribution in [1.29, 1.82) is 0 Å². The molecule has 5 N–H and O–H groups in total. The molecule has 0 radical (unpaired) electrons. The molecule has 3 aromatic carbocycles. The van der Waals surface area contributed by atoms with E-state index in [0.29, 0.717) is 86.4 Å². The van der Waals surface area contributed by atoms with Gasteiger partial charge in [0.25, 0.3) is 11.8 Å². The molecule has 4 heterocycles. The maximum atomic E-state index is 14.4. The van der Waals surface area contributed by atoms with E-state index < -0.39 is 54.1 Å². The number of methoxy groups -OCH3 is 2. The molecule has 3 aromatic rings. The number of hydrogen-bond donors (Lipinski definition) is 5. The molecule has 25 nitrogen and oxygen atoms in total. The van der Waals surface area contributed by atoms with Crippen molar-refractivity contribution in [2.24, 2.45) is 10.9 Å². The van der Waals surface area contributed by atoms with Gasteiger partial charge < -0.3 is 78.8 Å². The Morgan fingerprint density at radius 1 is 0.670 bits per heavy atom. The zero-order chi connectivity index (χ0) is 69.2. The minimum Gasteiger partial charge on any atom is -0.493 e. The summed E-state index contributed by atoms with van der Waals surface area (Å²) in [6.07, 6.45) is 25.1. The topological polar surface area (TPSA) is 293 Å². The number of anilines is 2. The highest BCUT2D eigenvalue weighted by molar-refractivity contribution is 6.07. The highest BCUT2D eigenvalue weighted by Crippen LogP contribution is 2.43. The normalized spacial score (nSPS) is 17.6. The summed E-state index contributed by atoms with van der Waals surface area (Å²) in [5.41, 5.74) is 4.50.